The predicted octanol–water partition coefficient (Wildman–Crippen LogP) is 1.94. The Hall–Kier alpha value is -2.70. The highest BCUT2D eigenvalue weighted by molar-refractivity contribution is 6.05. The molecular weight excluding hydrogens is 338 g/mol. The van der Waals surface area contributed by atoms with Gasteiger partial charge < -0.3 is 9.47 Å². The number of likely N-dealkylation sites (tertiary alicyclic amines) is 1. The maximum absolute atomic E-state index is 12.4. The number of ether oxygens (including phenoxy) is 2. The molecule has 1 aromatic rings. The minimum Gasteiger partial charge on any atom is -0.465 e. The largest absolute Gasteiger partial charge is 0.465 e. The molecule has 1 aromatic carbocycles. The zero-order chi connectivity index (χ0) is 18.7. The molecule has 0 bridgehead atoms. The summed E-state index contributed by atoms with van der Waals surface area (Å²) in [7, 11) is 1.29. The molecule has 2 aliphatic rings. The molecule has 2 fully saturated rings. The Balaban J connectivity index is 1.53. The minimum atomic E-state index is -0.536. The molecule has 138 valence electrons. The summed E-state index contributed by atoms with van der Waals surface area (Å²) in [6.45, 7) is 0.0454. The minimum absolute atomic E-state index is 0.0454. The second-order valence-corrected chi connectivity index (χ2v) is 6.57. The van der Waals surface area contributed by atoms with Crippen molar-refractivity contribution in [3.8, 4) is 5.75 Å². The van der Waals surface area contributed by atoms with Crippen LogP contribution in [0.3, 0.4) is 0 Å². The lowest BCUT2D eigenvalue weighted by Gasteiger charge is -2.19. The Labute approximate surface area is 151 Å². The Morgan fingerprint density at radius 2 is 1.62 bits per heavy atom. The van der Waals surface area contributed by atoms with Crippen LogP contribution in [0.4, 0.5) is 0 Å². The molecule has 0 unspecified atom stereocenters. The fourth-order valence-electron chi connectivity index (χ4n) is 3.61. The van der Waals surface area contributed by atoms with Crippen LogP contribution in [0.25, 0.3) is 0 Å². The van der Waals surface area contributed by atoms with Crippen molar-refractivity contribution in [1.82, 2.24) is 4.90 Å². The standard InChI is InChI=1S/C19H21NO6/c1-25-19(24)12-6-8-13(9-7-12)26-16(21)10-11-20-17(22)14-4-2-3-5-15(14)18(20)23/h6-9,14-15H,2-5,10-11H2,1H3/t14-,15-/m0/s1. The molecule has 0 N–H and O–H groups in total. The smallest absolute Gasteiger partial charge is 0.337 e. The number of esters is 2. The van der Waals surface area contributed by atoms with Crippen molar-refractivity contribution in [1.29, 1.82) is 0 Å². The van der Waals surface area contributed by atoms with Gasteiger partial charge in [-0.25, -0.2) is 4.79 Å². The second-order valence-electron chi connectivity index (χ2n) is 6.57. The van der Waals surface area contributed by atoms with Crippen molar-refractivity contribution >= 4 is 23.8 Å². The number of benzene rings is 1. The number of rotatable bonds is 5. The third-order valence-corrected chi connectivity index (χ3v) is 4.98. The maximum Gasteiger partial charge on any atom is 0.337 e. The number of methoxy groups -OCH3 is 1. The van der Waals surface area contributed by atoms with Crippen molar-refractivity contribution in [2.45, 2.75) is 32.1 Å². The molecule has 1 aliphatic heterocycles. The van der Waals surface area contributed by atoms with E-state index in [0.29, 0.717) is 5.56 Å². The molecule has 0 spiro atoms. The molecule has 7 heteroatoms. The summed E-state index contributed by atoms with van der Waals surface area (Å²) in [6.07, 6.45) is 3.39. The first-order chi connectivity index (χ1) is 12.5. The van der Waals surface area contributed by atoms with Crippen LogP contribution in [-0.4, -0.2) is 42.3 Å². The summed E-state index contributed by atoms with van der Waals surface area (Å²) in [4.78, 5) is 49.3. The summed E-state index contributed by atoms with van der Waals surface area (Å²) in [6, 6.07) is 5.97. The van der Waals surface area contributed by atoms with Gasteiger partial charge in [-0.05, 0) is 37.1 Å². The maximum atomic E-state index is 12.4. The molecule has 0 aromatic heterocycles. The van der Waals surface area contributed by atoms with E-state index in [-0.39, 0.29) is 42.4 Å². The average Bonchev–Trinajstić information content (AvgIpc) is 2.91. The van der Waals surface area contributed by atoms with Crippen molar-refractivity contribution in [2.24, 2.45) is 11.8 Å². The third kappa shape index (κ3) is 3.61. The Morgan fingerprint density at radius 3 is 2.15 bits per heavy atom. The van der Waals surface area contributed by atoms with E-state index >= 15 is 0 Å². The van der Waals surface area contributed by atoms with Gasteiger partial charge in [0.25, 0.3) is 0 Å². The Kier molecular flexibility index (Phi) is 5.35. The van der Waals surface area contributed by atoms with Crippen molar-refractivity contribution < 1.29 is 28.7 Å². The fourth-order valence-corrected chi connectivity index (χ4v) is 3.61. The van der Waals surface area contributed by atoms with E-state index in [9.17, 15) is 19.2 Å². The van der Waals surface area contributed by atoms with Crippen LogP contribution in [-0.2, 0) is 19.1 Å². The van der Waals surface area contributed by atoms with Crippen molar-refractivity contribution in [3.63, 3.8) is 0 Å². The number of amides is 2. The van der Waals surface area contributed by atoms with E-state index in [1.54, 1.807) is 0 Å². The fraction of sp³-hybridized carbons (Fsp3) is 0.474. The van der Waals surface area contributed by atoms with Crippen LogP contribution in [0.1, 0.15) is 42.5 Å². The second kappa shape index (κ2) is 7.68. The zero-order valence-electron chi connectivity index (χ0n) is 14.6. The van der Waals surface area contributed by atoms with Gasteiger partial charge in [-0.3, -0.25) is 19.3 Å². The van der Waals surface area contributed by atoms with Gasteiger partial charge in [0.05, 0.1) is 30.9 Å². The molecule has 1 heterocycles. The first-order valence-corrected chi connectivity index (χ1v) is 8.75. The van der Waals surface area contributed by atoms with Crippen molar-refractivity contribution in [3.05, 3.63) is 29.8 Å². The lowest BCUT2D eigenvalue weighted by Crippen LogP contribution is -2.33. The molecule has 2 atom stereocenters. The number of imide groups is 1. The summed E-state index contributed by atoms with van der Waals surface area (Å²) < 4.78 is 9.79. The van der Waals surface area contributed by atoms with Gasteiger partial charge in [-0.2, -0.15) is 0 Å². The van der Waals surface area contributed by atoms with E-state index < -0.39 is 11.9 Å². The Bertz CT molecular complexity index is 702. The summed E-state index contributed by atoms with van der Waals surface area (Å²) >= 11 is 0. The van der Waals surface area contributed by atoms with Gasteiger partial charge in [-0.1, -0.05) is 12.8 Å². The summed E-state index contributed by atoms with van der Waals surface area (Å²) in [5.41, 5.74) is 0.350. The van der Waals surface area contributed by atoms with Crippen LogP contribution in [0.5, 0.6) is 5.75 Å². The highest BCUT2D eigenvalue weighted by Crippen LogP contribution is 2.37. The van der Waals surface area contributed by atoms with E-state index in [1.165, 1.54) is 36.3 Å². The van der Waals surface area contributed by atoms with Gasteiger partial charge in [0.2, 0.25) is 11.8 Å². The molecule has 1 saturated carbocycles. The van der Waals surface area contributed by atoms with E-state index in [4.69, 9.17) is 4.74 Å². The van der Waals surface area contributed by atoms with Gasteiger partial charge in [-0.15, -0.1) is 0 Å². The lowest BCUT2D eigenvalue weighted by atomic mass is 9.81. The monoisotopic (exact) mass is 359 g/mol. The topological polar surface area (TPSA) is 90.0 Å². The van der Waals surface area contributed by atoms with Crippen molar-refractivity contribution in [2.75, 3.05) is 13.7 Å². The van der Waals surface area contributed by atoms with Crippen LogP contribution in [0.2, 0.25) is 0 Å². The quantitative estimate of drug-likeness (QED) is 0.453. The van der Waals surface area contributed by atoms with Gasteiger partial charge in [0.15, 0.2) is 0 Å². The van der Waals surface area contributed by atoms with Crippen LogP contribution >= 0.6 is 0 Å². The highest BCUT2D eigenvalue weighted by Gasteiger charge is 2.47. The molecule has 1 aliphatic carbocycles. The van der Waals surface area contributed by atoms with E-state index in [0.717, 1.165) is 25.7 Å². The first-order valence-electron chi connectivity index (χ1n) is 8.75. The molecule has 1 saturated heterocycles. The van der Waals surface area contributed by atoms with Gasteiger partial charge >= 0.3 is 11.9 Å². The molecular formula is C19H21NO6. The van der Waals surface area contributed by atoms with E-state index in [2.05, 4.69) is 4.74 Å². The summed E-state index contributed by atoms with van der Waals surface area (Å²) in [5, 5.41) is 0. The van der Waals surface area contributed by atoms with Crippen LogP contribution in [0, 0.1) is 11.8 Å². The number of carbonyl (C=O) groups excluding carboxylic acids is 4. The summed E-state index contributed by atoms with van der Waals surface area (Å²) in [5.74, 6) is -1.46. The van der Waals surface area contributed by atoms with Crippen LogP contribution in [0.15, 0.2) is 24.3 Å². The lowest BCUT2D eigenvalue weighted by molar-refractivity contribution is -0.141. The third-order valence-electron chi connectivity index (χ3n) is 4.98. The predicted molar refractivity (Wildman–Crippen MR) is 90.2 cm³/mol. The number of nitrogens with zero attached hydrogens (tertiary/aromatic N) is 1. The van der Waals surface area contributed by atoms with Crippen LogP contribution < -0.4 is 4.74 Å². The molecule has 7 nitrogen and oxygen atoms in total. The number of hydrogen-bond acceptors (Lipinski definition) is 6. The Morgan fingerprint density at radius 1 is 1.04 bits per heavy atom. The van der Waals surface area contributed by atoms with Gasteiger partial charge in [0.1, 0.15) is 5.75 Å². The SMILES string of the molecule is COC(=O)c1ccc(OC(=O)CCN2C(=O)[C@H]3CCCC[C@@H]3C2=O)cc1. The number of hydrogen-bond donors (Lipinski definition) is 0. The van der Waals surface area contributed by atoms with E-state index in [1.807, 2.05) is 0 Å². The number of carbonyl (C=O) groups is 4. The molecule has 26 heavy (non-hydrogen) atoms. The zero-order valence-corrected chi connectivity index (χ0v) is 14.6. The highest BCUT2D eigenvalue weighted by atomic mass is 16.5. The normalized spacial score (nSPS) is 22.1. The van der Waals surface area contributed by atoms with Gasteiger partial charge in [0, 0.05) is 6.54 Å². The molecule has 2 amide bonds. The first kappa shape index (κ1) is 18.1. The average molecular weight is 359 g/mol. The molecule has 0 radical (unpaired) electrons. The number of fused-ring (bicyclic) bond motifs is 1. The molecule has 3 rings (SSSR count).